The lowest BCUT2D eigenvalue weighted by molar-refractivity contribution is 0.529. The molecule has 17 heavy (non-hydrogen) atoms. The number of rotatable bonds is 6. The molecule has 0 aliphatic heterocycles. The van der Waals surface area contributed by atoms with Crippen molar-refractivity contribution < 1.29 is 0 Å². The first-order valence-electron chi connectivity index (χ1n) is 5.89. The summed E-state index contributed by atoms with van der Waals surface area (Å²) in [6, 6.07) is 0. The van der Waals surface area contributed by atoms with Crippen LogP contribution in [-0.2, 0) is 0 Å². The van der Waals surface area contributed by atoms with E-state index in [9.17, 15) is 0 Å². The van der Waals surface area contributed by atoms with Gasteiger partial charge in [-0.2, -0.15) is 0 Å². The average molecular weight is 234 g/mol. The third-order valence-electron chi connectivity index (χ3n) is 2.79. The monoisotopic (exact) mass is 234 g/mol. The second-order valence-corrected chi connectivity index (χ2v) is 4.23. The fourth-order valence-corrected chi connectivity index (χ4v) is 1.67. The molecule has 2 aromatic heterocycles. The molecule has 1 unspecified atom stereocenters. The number of nitrogens with zero attached hydrogens (tertiary/aromatic N) is 3. The summed E-state index contributed by atoms with van der Waals surface area (Å²) in [6.45, 7) is 3.80. The molecule has 6 nitrogen and oxygen atoms in total. The van der Waals surface area contributed by atoms with E-state index in [1.165, 1.54) is 6.33 Å². The van der Waals surface area contributed by atoms with Crippen LogP contribution in [0.15, 0.2) is 12.7 Å². The highest BCUT2D eigenvalue weighted by atomic mass is 15.1. The number of hydrogen-bond acceptors (Lipinski definition) is 5. The molecule has 0 radical (unpaired) electrons. The Balaban J connectivity index is 1.88. The molecule has 1 atom stereocenters. The normalized spacial score (nSPS) is 12.8. The van der Waals surface area contributed by atoms with Gasteiger partial charge in [0.05, 0.1) is 6.33 Å². The summed E-state index contributed by atoms with van der Waals surface area (Å²) in [4.78, 5) is 15.4. The summed E-state index contributed by atoms with van der Waals surface area (Å²) in [5, 5.41) is 3.29. The van der Waals surface area contributed by atoms with Gasteiger partial charge in [0.15, 0.2) is 11.5 Å². The van der Waals surface area contributed by atoms with E-state index in [1.54, 1.807) is 6.33 Å². The number of aromatic amines is 1. The van der Waals surface area contributed by atoms with E-state index in [2.05, 4.69) is 32.2 Å². The molecule has 0 aliphatic carbocycles. The van der Waals surface area contributed by atoms with Crippen LogP contribution in [0.2, 0.25) is 0 Å². The Bertz CT molecular complexity index is 466. The lowest BCUT2D eigenvalue weighted by Crippen LogP contribution is -2.12. The number of nitrogens with two attached hydrogens (primary N) is 1. The lowest BCUT2D eigenvalue weighted by atomic mass is 10.1. The fourth-order valence-electron chi connectivity index (χ4n) is 1.67. The Hall–Kier alpha value is -1.69. The summed E-state index contributed by atoms with van der Waals surface area (Å²) in [7, 11) is 0. The Morgan fingerprint density at radius 1 is 1.41 bits per heavy atom. The lowest BCUT2D eigenvalue weighted by Gasteiger charge is -2.09. The topological polar surface area (TPSA) is 92.5 Å². The van der Waals surface area contributed by atoms with Crippen LogP contribution in [0.4, 0.5) is 5.82 Å². The Kier molecular flexibility index (Phi) is 3.87. The van der Waals surface area contributed by atoms with Crippen LogP contribution >= 0.6 is 0 Å². The number of anilines is 1. The molecule has 2 rings (SSSR count). The van der Waals surface area contributed by atoms with E-state index < -0.39 is 0 Å². The molecule has 6 heteroatoms. The number of imidazole rings is 1. The standard InChI is InChI=1S/C11H18N6/c1-8(5-12)3-2-4-13-10-9-11(15-6-14-9)17-7-16-10/h6-8H,2-5,12H2,1H3,(H2,13,14,15,16,17). The summed E-state index contributed by atoms with van der Waals surface area (Å²) in [6.07, 6.45) is 5.35. The van der Waals surface area contributed by atoms with Crippen LogP contribution < -0.4 is 11.1 Å². The van der Waals surface area contributed by atoms with Gasteiger partial charge in [0, 0.05) is 6.54 Å². The van der Waals surface area contributed by atoms with Crippen molar-refractivity contribution in [1.82, 2.24) is 19.9 Å². The fraction of sp³-hybridized carbons (Fsp3) is 0.545. The quantitative estimate of drug-likeness (QED) is 0.652. The van der Waals surface area contributed by atoms with E-state index in [0.29, 0.717) is 11.6 Å². The van der Waals surface area contributed by atoms with E-state index in [1.807, 2.05) is 0 Å². The van der Waals surface area contributed by atoms with Crippen LogP contribution in [0.5, 0.6) is 0 Å². The van der Waals surface area contributed by atoms with Crippen molar-refractivity contribution in [2.45, 2.75) is 19.8 Å². The molecule has 0 amide bonds. The zero-order valence-corrected chi connectivity index (χ0v) is 9.98. The zero-order valence-electron chi connectivity index (χ0n) is 9.98. The highest BCUT2D eigenvalue weighted by Crippen LogP contribution is 2.14. The maximum Gasteiger partial charge on any atom is 0.182 e. The van der Waals surface area contributed by atoms with Crippen molar-refractivity contribution in [3.63, 3.8) is 0 Å². The summed E-state index contributed by atoms with van der Waals surface area (Å²) < 4.78 is 0. The minimum absolute atomic E-state index is 0.578. The molecular formula is C11H18N6. The van der Waals surface area contributed by atoms with Gasteiger partial charge in [0.25, 0.3) is 0 Å². The van der Waals surface area contributed by atoms with Crippen molar-refractivity contribution in [3.05, 3.63) is 12.7 Å². The number of nitrogens with one attached hydrogen (secondary N) is 2. The molecule has 0 aromatic carbocycles. The van der Waals surface area contributed by atoms with Crippen molar-refractivity contribution in [1.29, 1.82) is 0 Å². The Morgan fingerprint density at radius 3 is 3.12 bits per heavy atom. The van der Waals surface area contributed by atoms with Crippen LogP contribution in [0, 0.1) is 5.92 Å². The van der Waals surface area contributed by atoms with Gasteiger partial charge in [0.1, 0.15) is 11.8 Å². The Morgan fingerprint density at radius 2 is 2.29 bits per heavy atom. The number of hydrogen-bond donors (Lipinski definition) is 3. The van der Waals surface area contributed by atoms with Crippen LogP contribution in [0.25, 0.3) is 11.2 Å². The van der Waals surface area contributed by atoms with Crippen molar-refractivity contribution in [2.75, 3.05) is 18.4 Å². The minimum Gasteiger partial charge on any atom is -0.368 e. The van der Waals surface area contributed by atoms with E-state index in [4.69, 9.17) is 5.73 Å². The number of aromatic nitrogens is 4. The summed E-state index contributed by atoms with van der Waals surface area (Å²) in [5.74, 6) is 1.39. The first-order chi connectivity index (χ1) is 8.31. The van der Waals surface area contributed by atoms with E-state index >= 15 is 0 Å². The first kappa shape index (κ1) is 11.8. The predicted molar refractivity (Wildman–Crippen MR) is 67.6 cm³/mol. The summed E-state index contributed by atoms with van der Waals surface area (Å²) >= 11 is 0. The second kappa shape index (κ2) is 5.58. The number of H-pyrrole nitrogens is 1. The van der Waals surface area contributed by atoms with Crippen LogP contribution in [0.1, 0.15) is 19.8 Å². The predicted octanol–water partition coefficient (Wildman–Crippen LogP) is 1.14. The maximum absolute atomic E-state index is 5.57. The second-order valence-electron chi connectivity index (χ2n) is 4.23. The molecule has 92 valence electrons. The first-order valence-corrected chi connectivity index (χ1v) is 5.89. The highest BCUT2D eigenvalue weighted by Gasteiger charge is 2.05. The van der Waals surface area contributed by atoms with E-state index in [0.717, 1.165) is 37.3 Å². The maximum atomic E-state index is 5.57. The van der Waals surface area contributed by atoms with Gasteiger partial charge >= 0.3 is 0 Å². The van der Waals surface area contributed by atoms with E-state index in [-0.39, 0.29) is 0 Å². The largest absolute Gasteiger partial charge is 0.368 e. The van der Waals surface area contributed by atoms with Crippen molar-refractivity contribution in [2.24, 2.45) is 11.7 Å². The zero-order chi connectivity index (χ0) is 12.1. The molecular weight excluding hydrogens is 216 g/mol. The van der Waals surface area contributed by atoms with Gasteiger partial charge in [0.2, 0.25) is 0 Å². The van der Waals surface area contributed by atoms with Crippen LogP contribution in [0.3, 0.4) is 0 Å². The van der Waals surface area contributed by atoms with Gasteiger partial charge in [-0.3, -0.25) is 0 Å². The average Bonchev–Trinajstić information content (AvgIpc) is 2.83. The van der Waals surface area contributed by atoms with Gasteiger partial charge in [-0.25, -0.2) is 15.0 Å². The Labute approximate surface area is 100 Å². The van der Waals surface area contributed by atoms with Crippen LogP contribution in [-0.4, -0.2) is 33.0 Å². The van der Waals surface area contributed by atoms with Gasteiger partial charge < -0.3 is 16.0 Å². The van der Waals surface area contributed by atoms with Gasteiger partial charge in [-0.1, -0.05) is 6.92 Å². The molecule has 2 aromatic rings. The van der Waals surface area contributed by atoms with Crippen molar-refractivity contribution >= 4 is 17.0 Å². The molecule has 4 N–H and O–H groups in total. The SMILES string of the molecule is CC(CN)CCCNc1ncnc2nc[nH]c12. The molecule has 0 saturated carbocycles. The molecule has 0 fully saturated rings. The third kappa shape index (κ3) is 2.91. The molecule has 2 heterocycles. The molecule has 0 saturated heterocycles. The highest BCUT2D eigenvalue weighted by molar-refractivity contribution is 5.81. The van der Waals surface area contributed by atoms with Gasteiger partial charge in [-0.15, -0.1) is 0 Å². The molecule has 0 aliphatic rings. The smallest absolute Gasteiger partial charge is 0.182 e. The third-order valence-corrected chi connectivity index (χ3v) is 2.79. The molecule has 0 spiro atoms. The molecule has 0 bridgehead atoms. The number of fused-ring (bicyclic) bond motifs is 1. The summed E-state index contributed by atoms with van der Waals surface area (Å²) in [5.41, 5.74) is 7.12. The van der Waals surface area contributed by atoms with Crippen molar-refractivity contribution in [3.8, 4) is 0 Å². The van der Waals surface area contributed by atoms with Gasteiger partial charge in [-0.05, 0) is 25.3 Å². The minimum atomic E-state index is 0.578.